The highest BCUT2D eigenvalue weighted by Gasteiger charge is 2.35. The molecule has 0 aromatic heterocycles. The molecule has 0 bridgehead atoms. The lowest BCUT2D eigenvalue weighted by Gasteiger charge is -2.05. The van der Waals surface area contributed by atoms with Crippen molar-refractivity contribution in [1.82, 2.24) is 5.32 Å². The van der Waals surface area contributed by atoms with Gasteiger partial charge in [0.2, 0.25) is 0 Å². The normalized spacial score (nSPS) is 26.9. The van der Waals surface area contributed by atoms with Crippen LogP contribution >= 0.6 is 0 Å². The fourth-order valence-corrected chi connectivity index (χ4v) is 1.32. The third kappa shape index (κ3) is 2.18. The van der Waals surface area contributed by atoms with E-state index in [-0.39, 0.29) is 17.9 Å². The van der Waals surface area contributed by atoms with Crippen LogP contribution in [-0.2, 0) is 19.1 Å². The minimum atomic E-state index is -0.492. The number of ether oxygens (including phenoxy) is 2. The van der Waals surface area contributed by atoms with Gasteiger partial charge in [0.1, 0.15) is 6.04 Å². The number of rotatable bonds is 2. The summed E-state index contributed by atoms with van der Waals surface area (Å²) in [6, 6.07) is -0.492. The van der Waals surface area contributed by atoms with Crippen LogP contribution in [0.5, 0.6) is 0 Å². The van der Waals surface area contributed by atoms with Gasteiger partial charge in [-0.15, -0.1) is 0 Å². The van der Waals surface area contributed by atoms with Gasteiger partial charge in [-0.3, -0.25) is 9.59 Å². The molecular formula is C8H12NO4. The lowest BCUT2D eigenvalue weighted by atomic mass is 10.1. The van der Waals surface area contributed by atoms with Gasteiger partial charge in [-0.05, 0) is 6.42 Å². The van der Waals surface area contributed by atoms with Gasteiger partial charge >= 0.3 is 11.9 Å². The fraction of sp³-hybridized carbons (Fsp3) is 0.750. The topological polar surface area (TPSA) is 66.7 Å². The zero-order valence-electron chi connectivity index (χ0n) is 7.65. The Bertz CT molecular complexity index is 194. The minimum absolute atomic E-state index is 0.283. The summed E-state index contributed by atoms with van der Waals surface area (Å²) < 4.78 is 9.06. The van der Waals surface area contributed by atoms with E-state index in [1.54, 1.807) is 0 Å². The highest BCUT2D eigenvalue weighted by Crippen LogP contribution is 2.17. The van der Waals surface area contributed by atoms with E-state index in [0.717, 1.165) is 0 Å². The maximum atomic E-state index is 11.0. The maximum Gasteiger partial charge on any atom is 0.324 e. The van der Waals surface area contributed by atoms with Gasteiger partial charge < -0.3 is 9.47 Å². The molecule has 1 aliphatic rings. The van der Waals surface area contributed by atoms with Crippen LogP contribution in [0, 0.1) is 5.92 Å². The first-order valence-corrected chi connectivity index (χ1v) is 4.01. The second-order valence-corrected chi connectivity index (χ2v) is 2.86. The predicted octanol–water partition coefficient (Wildman–Crippen LogP) is -0.675. The molecule has 1 heterocycles. The highest BCUT2D eigenvalue weighted by molar-refractivity contribution is 5.79. The number of esters is 2. The van der Waals surface area contributed by atoms with Gasteiger partial charge in [0.25, 0.3) is 0 Å². The molecule has 0 aromatic rings. The molecule has 1 fully saturated rings. The summed E-state index contributed by atoms with van der Waals surface area (Å²) in [6.45, 7) is 0.354. The largest absolute Gasteiger partial charge is 0.469 e. The van der Waals surface area contributed by atoms with Crippen LogP contribution in [0.15, 0.2) is 0 Å². The van der Waals surface area contributed by atoms with E-state index in [4.69, 9.17) is 0 Å². The van der Waals surface area contributed by atoms with Crippen LogP contribution in [0.4, 0.5) is 0 Å². The predicted molar refractivity (Wildman–Crippen MR) is 42.9 cm³/mol. The number of hydrogen-bond donors (Lipinski definition) is 0. The minimum Gasteiger partial charge on any atom is -0.469 e. The van der Waals surface area contributed by atoms with Gasteiger partial charge in [0.05, 0.1) is 20.1 Å². The smallest absolute Gasteiger partial charge is 0.324 e. The van der Waals surface area contributed by atoms with Crippen molar-refractivity contribution < 1.29 is 19.1 Å². The highest BCUT2D eigenvalue weighted by atomic mass is 16.5. The average molecular weight is 186 g/mol. The average Bonchev–Trinajstić information content (AvgIpc) is 2.64. The van der Waals surface area contributed by atoms with Crippen molar-refractivity contribution in [2.75, 3.05) is 20.8 Å². The van der Waals surface area contributed by atoms with E-state index >= 15 is 0 Å². The molecule has 1 aliphatic heterocycles. The van der Waals surface area contributed by atoms with Crippen LogP contribution in [-0.4, -0.2) is 38.7 Å². The quantitative estimate of drug-likeness (QED) is 0.536. The van der Waals surface area contributed by atoms with E-state index in [2.05, 4.69) is 14.8 Å². The zero-order valence-corrected chi connectivity index (χ0v) is 7.65. The Kier molecular flexibility index (Phi) is 3.25. The Morgan fingerprint density at radius 3 is 2.38 bits per heavy atom. The standard InChI is InChI=1S/C8H12NO4/c1-12-7(10)5-3-6(9-4-5)8(11)13-2/h5-6H,3-4H2,1-2H3. The molecule has 0 aromatic carbocycles. The van der Waals surface area contributed by atoms with E-state index in [9.17, 15) is 9.59 Å². The molecule has 0 N–H and O–H groups in total. The summed E-state index contributed by atoms with van der Waals surface area (Å²) in [6.07, 6.45) is 0.402. The lowest BCUT2D eigenvalue weighted by Crippen LogP contribution is -2.26. The molecule has 13 heavy (non-hydrogen) atoms. The second-order valence-electron chi connectivity index (χ2n) is 2.86. The summed E-state index contributed by atoms with van der Waals surface area (Å²) in [5.74, 6) is -0.976. The SMILES string of the molecule is COC(=O)C1C[N]C(C(=O)OC)C1. The van der Waals surface area contributed by atoms with Gasteiger partial charge in [-0.25, -0.2) is 5.32 Å². The van der Waals surface area contributed by atoms with Crippen molar-refractivity contribution in [3.05, 3.63) is 0 Å². The van der Waals surface area contributed by atoms with E-state index in [0.29, 0.717) is 13.0 Å². The summed E-state index contributed by atoms with van der Waals surface area (Å²) >= 11 is 0. The van der Waals surface area contributed by atoms with Crippen molar-refractivity contribution >= 4 is 11.9 Å². The summed E-state index contributed by atoms with van der Waals surface area (Å²) in [7, 11) is 2.64. The Labute approximate surface area is 76.4 Å². The van der Waals surface area contributed by atoms with Crippen LogP contribution in [0.25, 0.3) is 0 Å². The van der Waals surface area contributed by atoms with Crippen molar-refractivity contribution in [1.29, 1.82) is 0 Å². The molecule has 2 unspecified atom stereocenters. The van der Waals surface area contributed by atoms with Crippen molar-refractivity contribution in [3.8, 4) is 0 Å². The van der Waals surface area contributed by atoms with Crippen molar-refractivity contribution in [2.24, 2.45) is 5.92 Å². The molecule has 1 saturated heterocycles. The number of hydrogen-bond acceptors (Lipinski definition) is 4. The molecule has 73 valence electrons. The van der Waals surface area contributed by atoms with Crippen molar-refractivity contribution in [2.45, 2.75) is 12.5 Å². The molecular weight excluding hydrogens is 174 g/mol. The monoisotopic (exact) mass is 186 g/mol. The molecule has 1 radical (unpaired) electrons. The molecule has 5 nitrogen and oxygen atoms in total. The summed E-state index contributed by atoms with van der Waals surface area (Å²) in [5.41, 5.74) is 0. The van der Waals surface area contributed by atoms with Crippen molar-refractivity contribution in [3.63, 3.8) is 0 Å². The second kappa shape index (κ2) is 4.23. The molecule has 5 heteroatoms. The third-order valence-electron chi connectivity index (χ3n) is 2.06. The Morgan fingerprint density at radius 2 is 1.85 bits per heavy atom. The van der Waals surface area contributed by atoms with Crippen LogP contribution < -0.4 is 5.32 Å². The number of carbonyl (C=O) groups is 2. The first-order valence-electron chi connectivity index (χ1n) is 4.01. The summed E-state index contributed by atoms with van der Waals surface area (Å²) in [5, 5.41) is 3.98. The van der Waals surface area contributed by atoms with Crippen LogP contribution in [0.2, 0.25) is 0 Å². The fourth-order valence-electron chi connectivity index (χ4n) is 1.32. The molecule has 0 aliphatic carbocycles. The number of nitrogens with zero attached hydrogens (tertiary/aromatic N) is 1. The van der Waals surface area contributed by atoms with E-state index in [1.807, 2.05) is 0 Å². The summed E-state index contributed by atoms with van der Waals surface area (Å²) in [4.78, 5) is 22.0. The molecule has 0 saturated carbocycles. The maximum absolute atomic E-state index is 11.0. The van der Waals surface area contributed by atoms with Gasteiger partial charge in [0.15, 0.2) is 0 Å². The molecule has 0 amide bonds. The van der Waals surface area contributed by atoms with Gasteiger partial charge in [-0.2, -0.15) is 0 Å². The number of carbonyl (C=O) groups excluding carboxylic acids is 2. The van der Waals surface area contributed by atoms with E-state index < -0.39 is 6.04 Å². The van der Waals surface area contributed by atoms with Crippen LogP contribution in [0.3, 0.4) is 0 Å². The zero-order chi connectivity index (χ0) is 9.84. The Balaban J connectivity index is 2.44. The first kappa shape index (κ1) is 9.98. The number of methoxy groups -OCH3 is 2. The molecule has 1 rings (SSSR count). The Morgan fingerprint density at radius 1 is 1.23 bits per heavy atom. The van der Waals surface area contributed by atoms with Gasteiger partial charge in [-0.1, -0.05) is 0 Å². The molecule has 2 atom stereocenters. The van der Waals surface area contributed by atoms with Crippen LogP contribution in [0.1, 0.15) is 6.42 Å². The molecule has 0 spiro atoms. The first-order chi connectivity index (χ1) is 6.19. The Hall–Kier alpha value is -1.10. The van der Waals surface area contributed by atoms with E-state index in [1.165, 1.54) is 14.2 Å². The lowest BCUT2D eigenvalue weighted by molar-refractivity contribution is -0.145. The van der Waals surface area contributed by atoms with Gasteiger partial charge in [0, 0.05) is 6.54 Å². The third-order valence-corrected chi connectivity index (χ3v) is 2.06.